The summed E-state index contributed by atoms with van der Waals surface area (Å²) in [6.45, 7) is 3.58. The van der Waals surface area contributed by atoms with Crippen LogP contribution in [0.4, 0.5) is 28.6 Å². The summed E-state index contributed by atoms with van der Waals surface area (Å²) in [7, 11) is 8.08. The number of hydrogen-bond donors (Lipinski definition) is 3. The monoisotopic (exact) mass is 568 g/mol. The van der Waals surface area contributed by atoms with Crippen molar-refractivity contribution in [3.8, 4) is 28.5 Å². The van der Waals surface area contributed by atoms with Gasteiger partial charge in [0.2, 0.25) is 5.91 Å². The van der Waals surface area contributed by atoms with Crippen LogP contribution in [0.3, 0.4) is 0 Å². The number of carbonyl (C=O) groups is 2. The van der Waals surface area contributed by atoms with Crippen LogP contribution in [0, 0.1) is 0 Å². The van der Waals surface area contributed by atoms with Crippen LogP contribution in [0.5, 0.6) is 17.2 Å². The predicted octanol–water partition coefficient (Wildman–Crippen LogP) is 5.17. The van der Waals surface area contributed by atoms with E-state index in [-0.39, 0.29) is 11.8 Å². The van der Waals surface area contributed by atoms with Gasteiger partial charge in [0.15, 0.2) is 0 Å². The number of aromatic nitrogens is 2. The van der Waals surface area contributed by atoms with E-state index >= 15 is 0 Å². The minimum Gasteiger partial charge on any atom is -0.496 e. The van der Waals surface area contributed by atoms with Crippen molar-refractivity contribution in [2.75, 3.05) is 51.0 Å². The summed E-state index contributed by atoms with van der Waals surface area (Å²) in [6, 6.07) is 18.1. The molecule has 0 unspecified atom stereocenters. The van der Waals surface area contributed by atoms with Gasteiger partial charge in [0.1, 0.15) is 29.4 Å². The van der Waals surface area contributed by atoms with E-state index in [0.29, 0.717) is 56.9 Å². The maximum absolute atomic E-state index is 12.4. The largest absolute Gasteiger partial charge is 0.496 e. The highest BCUT2D eigenvalue weighted by Crippen LogP contribution is 2.42. The summed E-state index contributed by atoms with van der Waals surface area (Å²) in [5.74, 6) is 1.41. The van der Waals surface area contributed by atoms with E-state index in [0.717, 1.165) is 5.69 Å². The van der Waals surface area contributed by atoms with Crippen molar-refractivity contribution in [1.29, 1.82) is 0 Å². The lowest BCUT2D eigenvalue weighted by atomic mass is 10.1. The molecule has 11 heteroatoms. The summed E-state index contributed by atoms with van der Waals surface area (Å²) in [4.78, 5) is 35.4. The van der Waals surface area contributed by atoms with E-state index in [1.807, 2.05) is 42.3 Å². The number of methoxy groups -OCH3 is 3. The summed E-state index contributed by atoms with van der Waals surface area (Å²) >= 11 is 0. The second-order valence-corrected chi connectivity index (χ2v) is 8.90. The molecule has 4 rings (SSSR count). The Kier molecular flexibility index (Phi) is 9.23. The minimum atomic E-state index is -0.378. The Morgan fingerprint density at radius 3 is 2.29 bits per heavy atom. The van der Waals surface area contributed by atoms with Crippen molar-refractivity contribution < 1.29 is 23.8 Å². The van der Waals surface area contributed by atoms with Crippen LogP contribution in [0.1, 0.15) is 10.4 Å². The van der Waals surface area contributed by atoms with Gasteiger partial charge >= 0.3 is 0 Å². The molecule has 4 aromatic rings. The molecule has 0 atom stereocenters. The lowest BCUT2D eigenvalue weighted by molar-refractivity contribution is -0.111. The van der Waals surface area contributed by atoms with Gasteiger partial charge < -0.3 is 35.1 Å². The van der Waals surface area contributed by atoms with E-state index in [2.05, 4.69) is 32.5 Å². The highest BCUT2D eigenvalue weighted by Gasteiger charge is 2.19. The van der Waals surface area contributed by atoms with Gasteiger partial charge in [0.25, 0.3) is 5.91 Å². The molecule has 0 aliphatic rings. The van der Waals surface area contributed by atoms with Crippen molar-refractivity contribution in [2.45, 2.75) is 0 Å². The zero-order chi connectivity index (χ0) is 30.2. The molecule has 0 fully saturated rings. The molecular formula is C31H32N6O5. The number of nitrogens with one attached hydrogen (secondary N) is 3. The minimum absolute atomic E-state index is 0.280. The molecule has 42 heavy (non-hydrogen) atoms. The third-order valence-electron chi connectivity index (χ3n) is 6.47. The zero-order valence-electron chi connectivity index (χ0n) is 24.0. The van der Waals surface area contributed by atoms with Crippen LogP contribution in [0.2, 0.25) is 0 Å². The van der Waals surface area contributed by atoms with Gasteiger partial charge in [-0.2, -0.15) is 0 Å². The van der Waals surface area contributed by atoms with Gasteiger partial charge in [-0.25, -0.2) is 9.97 Å². The molecule has 2 amide bonds. The standard InChI is InChI=1S/C31H32N6O5/c1-7-30(38)36-22-15-23(28(42-6)17-25(22)37(3)24-10-8-9-11-27(24)41-5)35-29-16-21(33-18-34-29)19-12-13-26(40-4)20(14-19)31(39)32-2/h7-18H,1H2,2-6H3,(H,32,39)(H,36,38)(H,33,34,35). The number of para-hydroxylation sites is 2. The molecule has 3 N–H and O–H groups in total. The average Bonchev–Trinajstić information content (AvgIpc) is 3.03. The molecule has 11 nitrogen and oxygen atoms in total. The maximum atomic E-state index is 12.4. The number of amides is 2. The van der Waals surface area contributed by atoms with Crippen LogP contribution >= 0.6 is 0 Å². The Hall–Kier alpha value is -5.58. The van der Waals surface area contributed by atoms with Gasteiger partial charge in [-0.05, 0) is 42.5 Å². The van der Waals surface area contributed by atoms with Gasteiger partial charge in [-0.15, -0.1) is 0 Å². The highest BCUT2D eigenvalue weighted by molar-refractivity contribution is 6.03. The molecule has 0 aliphatic carbocycles. The van der Waals surface area contributed by atoms with E-state index in [1.165, 1.54) is 19.5 Å². The van der Waals surface area contributed by atoms with E-state index in [9.17, 15) is 9.59 Å². The Morgan fingerprint density at radius 2 is 1.60 bits per heavy atom. The molecule has 1 aromatic heterocycles. The molecule has 3 aromatic carbocycles. The van der Waals surface area contributed by atoms with Gasteiger partial charge in [-0.3, -0.25) is 9.59 Å². The molecule has 0 saturated carbocycles. The number of anilines is 5. The fourth-order valence-corrected chi connectivity index (χ4v) is 4.33. The lowest BCUT2D eigenvalue weighted by Gasteiger charge is -2.26. The number of nitrogens with zero attached hydrogens (tertiary/aromatic N) is 3. The fraction of sp³-hybridized carbons (Fsp3) is 0.161. The van der Waals surface area contributed by atoms with Crippen molar-refractivity contribution in [3.05, 3.63) is 85.2 Å². The van der Waals surface area contributed by atoms with Crippen LogP contribution in [0.15, 0.2) is 79.6 Å². The first-order valence-electron chi connectivity index (χ1n) is 12.8. The number of benzene rings is 3. The quantitative estimate of drug-likeness (QED) is 0.210. The topological polar surface area (TPSA) is 127 Å². The van der Waals surface area contributed by atoms with Crippen molar-refractivity contribution in [3.63, 3.8) is 0 Å². The Morgan fingerprint density at radius 1 is 0.857 bits per heavy atom. The summed E-state index contributed by atoms with van der Waals surface area (Å²) in [5, 5.41) is 8.76. The maximum Gasteiger partial charge on any atom is 0.254 e. The molecule has 0 spiro atoms. The first kappa shape index (κ1) is 29.4. The summed E-state index contributed by atoms with van der Waals surface area (Å²) in [6.07, 6.45) is 2.61. The number of carbonyl (C=O) groups excluding carboxylic acids is 2. The van der Waals surface area contributed by atoms with Crippen LogP contribution in [0.25, 0.3) is 11.3 Å². The Bertz CT molecular complexity index is 1620. The fourth-order valence-electron chi connectivity index (χ4n) is 4.33. The van der Waals surface area contributed by atoms with Crippen molar-refractivity contribution in [1.82, 2.24) is 15.3 Å². The first-order chi connectivity index (χ1) is 20.3. The van der Waals surface area contributed by atoms with E-state index in [1.54, 1.807) is 51.6 Å². The molecule has 1 heterocycles. The molecular weight excluding hydrogens is 536 g/mol. The summed E-state index contributed by atoms with van der Waals surface area (Å²) < 4.78 is 16.6. The summed E-state index contributed by atoms with van der Waals surface area (Å²) in [5.41, 5.74) is 4.13. The Labute approximate surface area is 244 Å². The van der Waals surface area contributed by atoms with Gasteiger partial charge in [0, 0.05) is 31.8 Å². The normalized spacial score (nSPS) is 10.3. The van der Waals surface area contributed by atoms with Crippen molar-refractivity contribution in [2.24, 2.45) is 0 Å². The zero-order valence-corrected chi connectivity index (χ0v) is 24.0. The van der Waals surface area contributed by atoms with E-state index in [4.69, 9.17) is 14.2 Å². The second-order valence-electron chi connectivity index (χ2n) is 8.90. The molecule has 216 valence electrons. The average molecular weight is 569 g/mol. The smallest absolute Gasteiger partial charge is 0.254 e. The molecule has 0 aliphatic heterocycles. The second kappa shape index (κ2) is 13.2. The number of rotatable bonds is 11. The predicted molar refractivity (Wildman–Crippen MR) is 164 cm³/mol. The van der Waals surface area contributed by atoms with Crippen LogP contribution in [-0.2, 0) is 4.79 Å². The van der Waals surface area contributed by atoms with E-state index < -0.39 is 0 Å². The first-order valence-corrected chi connectivity index (χ1v) is 12.8. The Balaban J connectivity index is 1.75. The third-order valence-corrected chi connectivity index (χ3v) is 6.47. The molecule has 0 saturated heterocycles. The van der Waals surface area contributed by atoms with Gasteiger partial charge in [-0.1, -0.05) is 18.7 Å². The van der Waals surface area contributed by atoms with Crippen LogP contribution < -0.4 is 35.1 Å². The third kappa shape index (κ3) is 6.25. The lowest BCUT2D eigenvalue weighted by Crippen LogP contribution is -2.18. The SMILES string of the molecule is C=CC(=O)Nc1cc(Nc2cc(-c3ccc(OC)c(C(=O)NC)c3)ncn2)c(OC)cc1N(C)c1ccccc1OC. The molecule has 0 radical (unpaired) electrons. The highest BCUT2D eigenvalue weighted by atomic mass is 16.5. The van der Waals surface area contributed by atoms with Gasteiger partial charge in [0.05, 0.1) is 55.3 Å². The van der Waals surface area contributed by atoms with Crippen LogP contribution in [-0.4, -0.2) is 57.2 Å². The van der Waals surface area contributed by atoms with Crippen molar-refractivity contribution >= 4 is 40.4 Å². The molecule has 0 bridgehead atoms. The number of ether oxygens (including phenoxy) is 3. The number of hydrogen-bond acceptors (Lipinski definition) is 9.